The Balaban J connectivity index is 2.63. The van der Waals surface area contributed by atoms with Crippen molar-refractivity contribution in [1.82, 2.24) is 0 Å². The van der Waals surface area contributed by atoms with E-state index in [0.717, 1.165) is 0 Å². The molecule has 0 radical (unpaired) electrons. The highest BCUT2D eigenvalue weighted by Crippen LogP contribution is 2.08. The summed E-state index contributed by atoms with van der Waals surface area (Å²) >= 11 is 0. The molecule has 0 aromatic heterocycles. The smallest absolute Gasteiger partial charge is 0.236 e. The Labute approximate surface area is 113 Å². The molecule has 0 aliphatic carbocycles. The predicted octanol–water partition coefficient (Wildman–Crippen LogP) is 2.90. The lowest BCUT2D eigenvalue weighted by Gasteiger charge is -1.97. The fourth-order valence-corrected chi connectivity index (χ4v) is 1.31. The highest BCUT2D eigenvalue weighted by molar-refractivity contribution is 6.10. The van der Waals surface area contributed by atoms with Gasteiger partial charge in [0.25, 0.3) is 0 Å². The average Bonchev–Trinajstić information content (AvgIpc) is 2.57. The Morgan fingerprint density at radius 3 is 2.56 bits per heavy atom. The Morgan fingerprint density at radius 1 is 1.11 bits per heavy atom. The normalized spacial score (nSPS) is 12.7. The monoisotopic (exact) mass is 235 g/mol. The molecule has 0 amide bonds. The molecule has 2 aromatic carbocycles. The molecule has 0 bridgehead atoms. The first-order chi connectivity index (χ1) is 10.9. The maximum atomic E-state index is 11.7. The summed E-state index contributed by atoms with van der Waals surface area (Å²) < 4.78 is 38.3. The largest absolute Gasteiger partial charge is 0.279 e. The quantitative estimate of drug-likeness (QED) is 0.422. The van der Waals surface area contributed by atoms with Crippen LogP contribution >= 0.6 is 0 Å². The number of Topliss-reactive ketones (excluding diaryl/α,β-unsaturated/α-hetero) is 1. The van der Waals surface area contributed by atoms with Gasteiger partial charge in [-0.1, -0.05) is 42.1 Å². The topological polar surface area (TPSA) is 17.1 Å². The Bertz CT molecular complexity index is 884. The van der Waals surface area contributed by atoms with Gasteiger partial charge in [-0.3, -0.25) is 4.79 Å². The first-order valence-corrected chi connectivity index (χ1v) is 5.07. The summed E-state index contributed by atoms with van der Waals surface area (Å²) in [5, 5.41) is 0. The van der Waals surface area contributed by atoms with Crippen LogP contribution in [0.1, 0.15) is 28.3 Å². The van der Waals surface area contributed by atoms with Crippen LogP contribution in [0.3, 0.4) is 0 Å². The Hall–Kier alpha value is -2.77. The van der Waals surface area contributed by atoms with Crippen molar-refractivity contribution in [2.75, 3.05) is 0 Å². The van der Waals surface area contributed by atoms with Gasteiger partial charge >= 0.3 is 0 Å². The first-order valence-electron chi connectivity index (χ1n) is 7.57. The van der Waals surface area contributed by atoms with Crippen molar-refractivity contribution in [1.29, 1.82) is 0 Å². The van der Waals surface area contributed by atoms with Crippen LogP contribution in [0.25, 0.3) is 0 Å². The van der Waals surface area contributed by atoms with E-state index in [4.69, 9.17) is 13.3 Å². The highest BCUT2D eigenvalue weighted by Gasteiger charge is 2.05. The van der Waals surface area contributed by atoms with E-state index in [1.807, 2.05) is 5.92 Å². The molecule has 0 saturated carbocycles. The van der Waals surface area contributed by atoms with Gasteiger partial charge in [0.05, 0.1) is 6.85 Å². The fraction of sp³-hybridized carbons (Fsp3) is 0. The molecule has 0 N–H and O–H groups in total. The van der Waals surface area contributed by atoms with E-state index < -0.39 is 23.9 Å². The lowest BCUT2D eigenvalue weighted by molar-refractivity contribution is 0.105. The zero-order valence-electron chi connectivity index (χ0n) is 14.3. The third-order valence-electron chi connectivity index (χ3n) is 2.12. The standard InChI is InChI=1S/C17H10O/c1-2-17(18)16-11-7-6-10-15(16)13-12-14-8-4-3-5-9-14/h1,3-11H/i3D,4D,5D,8D,9D. The van der Waals surface area contributed by atoms with Gasteiger partial charge in [-0.15, -0.1) is 6.42 Å². The van der Waals surface area contributed by atoms with E-state index in [9.17, 15) is 4.79 Å². The van der Waals surface area contributed by atoms with Gasteiger partial charge in [-0.2, -0.15) is 0 Å². The minimum atomic E-state index is -0.532. The summed E-state index contributed by atoms with van der Waals surface area (Å²) in [6.45, 7) is 0. The second-order valence-electron chi connectivity index (χ2n) is 3.27. The maximum Gasteiger partial charge on any atom is 0.236 e. The Morgan fingerprint density at radius 2 is 1.83 bits per heavy atom. The van der Waals surface area contributed by atoms with Gasteiger partial charge in [-0.05, 0) is 30.1 Å². The van der Waals surface area contributed by atoms with E-state index in [1.165, 1.54) is 6.07 Å². The molecule has 0 spiro atoms. The molecule has 0 aliphatic heterocycles. The molecule has 1 nitrogen and oxygen atoms in total. The van der Waals surface area contributed by atoms with Gasteiger partial charge in [0, 0.05) is 16.7 Å². The average molecular weight is 235 g/mol. The molecule has 0 aliphatic rings. The Kier molecular flexibility index (Phi) is 2.10. The van der Waals surface area contributed by atoms with Crippen LogP contribution in [-0.4, -0.2) is 5.78 Å². The van der Waals surface area contributed by atoms with Crippen LogP contribution < -0.4 is 0 Å². The van der Waals surface area contributed by atoms with Crippen LogP contribution in [0.4, 0.5) is 0 Å². The van der Waals surface area contributed by atoms with E-state index in [1.54, 1.807) is 18.2 Å². The van der Waals surface area contributed by atoms with Crippen LogP contribution in [-0.2, 0) is 0 Å². The molecule has 0 saturated heterocycles. The fourth-order valence-electron chi connectivity index (χ4n) is 1.31. The SMILES string of the molecule is [2H]c1c([2H])c([2H])c(C#Cc2ccccc2C(=O)C#C)c([2H])c1[2H]. The van der Waals surface area contributed by atoms with E-state index in [0.29, 0.717) is 5.56 Å². The second-order valence-corrected chi connectivity index (χ2v) is 3.27. The molecule has 0 unspecified atom stereocenters. The number of carbonyl (C=O) groups excluding carboxylic acids is 1. The number of terminal acetylenes is 1. The molecule has 84 valence electrons. The minimum Gasteiger partial charge on any atom is -0.279 e. The highest BCUT2D eigenvalue weighted by atomic mass is 16.1. The molecular formula is C17H10O. The molecule has 1 heteroatoms. The van der Waals surface area contributed by atoms with Crippen molar-refractivity contribution in [2.24, 2.45) is 0 Å². The van der Waals surface area contributed by atoms with Crippen LogP contribution in [0.5, 0.6) is 0 Å². The van der Waals surface area contributed by atoms with Crippen molar-refractivity contribution in [3.8, 4) is 24.2 Å². The van der Waals surface area contributed by atoms with Gasteiger partial charge in [-0.25, -0.2) is 0 Å². The summed E-state index contributed by atoms with van der Waals surface area (Å²) in [4.78, 5) is 11.7. The summed E-state index contributed by atoms with van der Waals surface area (Å²) in [5.74, 6) is 6.69. The van der Waals surface area contributed by atoms with Crippen LogP contribution in [0.2, 0.25) is 0 Å². The van der Waals surface area contributed by atoms with Crippen molar-refractivity contribution >= 4 is 5.78 Å². The molecular weight excluding hydrogens is 220 g/mol. The van der Waals surface area contributed by atoms with E-state index >= 15 is 0 Å². The number of rotatable bonds is 1. The summed E-state index contributed by atoms with van der Waals surface area (Å²) in [5.41, 5.74) is 0.441. The molecule has 2 aromatic rings. The molecule has 0 heterocycles. The van der Waals surface area contributed by atoms with Crippen molar-refractivity contribution in [2.45, 2.75) is 0 Å². The van der Waals surface area contributed by atoms with Crippen molar-refractivity contribution in [3.05, 3.63) is 71.2 Å². The zero-order valence-corrected chi connectivity index (χ0v) is 9.29. The van der Waals surface area contributed by atoms with Crippen molar-refractivity contribution < 1.29 is 11.6 Å². The van der Waals surface area contributed by atoms with E-state index in [-0.39, 0.29) is 23.2 Å². The lowest BCUT2D eigenvalue weighted by atomic mass is 10.0. The number of benzene rings is 2. The van der Waals surface area contributed by atoms with Crippen LogP contribution in [0, 0.1) is 24.2 Å². The molecule has 2 rings (SSSR count). The molecule has 0 fully saturated rings. The summed E-state index contributed by atoms with van der Waals surface area (Å²) in [6, 6.07) is 4.24. The maximum absolute atomic E-state index is 11.7. The van der Waals surface area contributed by atoms with Gasteiger partial charge in [0.15, 0.2) is 0 Å². The third kappa shape index (κ3) is 2.67. The van der Waals surface area contributed by atoms with Crippen molar-refractivity contribution in [3.63, 3.8) is 0 Å². The zero-order chi connectivity index (χ0) is 17.1. The second kappa shape index (κ2) is 5.53. The first kappa shape index (κ1) is 6.84. The summed E-state index contributed by atoms with van der Waals surface area (Å²) in [7, 11) is 0. The molecule has 0 atom stereocenters. The number of hydrogen-bond donors (Lipinski definition) is 0. The van der Waals surface area contributed by atoms with Gasteiger partial charge in [0.1, 0.15) is 0 Å². The predicted molar refractivity (Wildman–Crippen MR) is 72.0 cm³/mol. The number of carbonyl (C=O) groups is 1. The lowest BCUT2D eigenvalue weighted by Crippen LogP contribution is -1.97. The van der Waals surface area contributed by atoms with Crippen LogP contribution in [0.15, 0.2) is 54.5 Å². The van der Waals surface area contributed by atoms with E-state index in [2.05, 4.69) is 11.8 Å². The molecule has 18 heavy (non-hydrogen) atoms. The number of ketones is 1. The summed E-state index contributed by atoms with van der Waals surface area (Å²) in [6.07, 6.45) is 5.11. The number of hydrogen-bond acceptors (Lipinski definition) is 1. The van der Waals surface area contributed by atoms with Gasteiger partial charge in [0.2, 0.25) is 5.78 Å². The minimum absolute atomic E-state index is 0.126. The third-order valence-corrected chi connectivity index (χ3v) is 2.12. The van der Waals surface area contributed by atoms with Gasteiger partial charge < -0.3 is 0 Å².